The highest BCUT2D eigenvalue weighted by Crippen LogP contribution is 2.12. The summed E-state index contributed by atoms with van der Waals surface area (Å²) < 4.78 is 11.0. The Hall–Kier alpha value is -1.66. The van der Waals surface area contributed by atoms with Crippen molar-refractivity contribution >= 4 is 5.91 Å². The van der Waals surface area contributed by atoms with Crippen LogP contribution in [0.4, 0.5) is 0 Å². The first kappa shape index (κ1) is 15.7. The molecule has 0 aromatic carbocycles. The predicted octanol–water partition coefficient (Wildman–Crippen LogP) is 0.861. The van der Waals surface area contributed by atoms with E-state index in [4.69, 9.17) is 9.47 Å². The van der Waals surface area contributed by atoms with E-state index < -0.39 is 0 Å². The second-order valence-corrected chi connectivity index (χ2v) is 5.05. The third-order valence-corrected chi connectivity index (χ3v) is 3.54. The van der Waals surface area contributed by atoms with Gasteiger partial charge in [0.1, 0.15) is 6.10 Å². The number of aryl methyl sites for hydroxylation is 1. The zero-order valence-electron chi connectivity index (χ0n) is 12.5. The summed E-state index contributed by atoms with van der Waals surface area (Å²) in [6, 6.07) is 2.95. The van der Waals surface area contributed by atoms with E-state index in [0.717, 1.165) is 5.69 Å². The van der Waals surface area contributed by atoms with Crippen molar-refractivity contribution in [3.63, 3.8) is 0 Å². The number of aromatic nitrogens is 1. The summed E-state index contributed by atoms with van der Waals surface area (Å²) in [4.78, 5) is 26.6. The Morgan fingerprint density at radius 2 is 2.29 bits per heavy atom. The van der Waals surface area contributed by atoms with Crippen molar-refractivity contribution in [2.24, 2.45) is 0 Å². The van der Waals surface area contributed by atoms with Crippen LogP contribution in [0.3, 0.4) is 0 Å². The van der Waals surface area contributed by atoms with E-state index in [1.165, 1.54) is 6.07 Å². The summed E-state index contributed by atoms with van der Waals surface area (Å²) in [5.74, 6) is -0.243. The largest absolute Gasteiger partial charge is 0.379 e. The van der Waals surface area contributed by atoms with Gasteiger partial charge in [-0.25, -0.2) is 0 Å². The first-order valence-corrected chi connectivity index (χ1v) is 7.37. The minimum absolute atomic E-state index is 0.0874. The molecule has 6 heteroatoms. The molecule has 6 nitrogen and oxygen atoms in total. The van der Waals surface area contributed by atoms with E-state index in [-0.39, 0.29) is 23.6 Å². The predicted molar refractivity (Wildman–Crippen MR) is 78.5 cm³/mol. The summed E-state index contributed by atoms with van der Waals surface area (Å²) in [7, 11) is 0. The lowest BCUT2D eigenvalue weighted by Crippen LogP contribution is -2.50. The molecular formula is C15H22N2O4. The third-order valence-electron chi connectivity index (χ3n) is 3.54. The topological polar surface area (TPSA) is 80.4 Å². The first-order valence-electron chi connectivity index (χ1n) is 7.37. The summed E-state index contributed by atoms with van der Waals surface area (Å²) in [6.07, 6.45) is 1.25. The van der Waals surface area contributed by atoms with Gasteiger partial charge in [0.2, 0.25) is 5.56 Å². The number of amides is 1. The van der Waals surface area contributed by atoms with Crippen LogP contribution in [0.25, 0.3) is 0 Å². The normalized spacial score (nSPS) is 22.0. The summed E-state index contributed by atoms with van der Waals surface area (Å²) in [6.45, 7) is 5.50. The maximum Gasteiger partial charge on any atom is 0.251 e. The Balaban J connectivity index is 2.09. The molecule has 2 atom stereocenters. The van der Waals surface area contributed by atoms with E-state index in [1.54, 1.807) is 6.07 Å². The van der Waals surface area contributed by atoms with Gasteiger partial charge in [0.05, 0.1) is 12.6 Å². The van der Waals surface area contributed by atoms with Crippen molar-refractivity contribution in [3.8, 4) is 0 Å². The molecule has 0 radical (unpaired) electrons. The number of H-pyrrole nitrogens is 1. The van der Waals surface area contributed by atoms with Gasteiger partial charge in [0, 0.05) is 30.5 Å². The molecule has 1 aromatic heterocycles. The smallest absolute Gasteiger partial charge is 0.251 e. The molecule has 1 aromatic rings. The van der Waals surface area contributed by atoms with E-state index >= 15 is 0 Å². The van der Waals surface area contributed by atoms with Crippen LogP contribution in [0.15, 0.2) is 16.9 Å². The van der Waals surface area contributed by atoms with Crippen LogP contribution in [0.1, 0.15) is 36.3 Å². The molecule has 21 heavy (non-hydrogen) atoms. The monoisotopic (exact) mass is 294 g/mol. The lowest BCUT2D eigenvalue weighted by Gasteiger charge is -2.31. The van der Waals surface area contributed by atoms with Gasteiger partial charge in [-0.15, -0.1) is 0 Å². The van der Waals surface area contributed by atoms with E-state index in [9.17, 15) is 9.59 Å². The fraction of sp³-hybridized carbons (Fsp3) is 0.600. The number of aromatic amines is 1. The number of pyridine rings is 1. The molecule has 0 bridgehead atoms. The molecule has 0 spiro atoms. The number of ether oxygens (including phenoxy) is 2. The molecule has 0 aliphatic carbocycles. The third kappa shape index (κ3) is 4.15. The minimum atomic E-state index is -0.257. The summed E-state index contributed by atoms with van der Waals surface area (Å²) in [5.41, 5.74) is 0.881. The molecule has 1 aliphatic rings. The van der Waals surface area contributed by atoms with Gasteiger partial charge >= 0.3 is 0 Å². The number of hydrogen-bond donors (Lipinski definition) is 2. The molecule has 2 unspecified atom stereocenters. The van der Waals surface area contributed by atoms with Crippen molar-refractivity contribution in [3.05, 3.63) is 33.7 Å². The van der Waals surface area contributed by atoms with Crippen LogP contribution in [0, 0.1) is 0 Å². The first-order chi connectivity index (χ1) is 10.1. The van der Waals surface area contributed by atoms with Crippen molar-refractivity contribution in [2.45, 2.75) is 38.8 Å². The Morgan fingerprint density at radius 3 is 3.00 bits per heavy atom. The van der Waals surface area contributed by atoms with Gasteiger partial charge in [0.25, 0.3) is 5.91 Å². The maximum atomic E-state index is 12.3. The summed E-state index contributed by atoms with van der Waals surface area (Å²) >= 11 is 0. The lowest BCUT2D eigenvalue weighted by molar-refractivity contribution is -0.0632. The highest BCUT2D eigenvalue weighted by molar-refractivity contribution is 5.94. The number of nitrogens with one attached hydrogen (secondary N) is 2. The van der Waals surface area contributed by atoms with Gasteiger partial charge in [-0.2, -0.15) is 0 Å². The number of hydrogen-bond acceptors (Lipinski definition) is 4. The standard InChI is InChI=1S/C15H22N2O4/c1-3-11-7-10(8-14(18)16-11)15(19)17-12-5-6-20-9-13(12)21-4-2/h7-8,12-13H,3-6,9H2,1-2H3,(H,16,18)(H,17,19). The number of carbonyl (C=O) groups excluding carboxylic acids is 1. The SMILES string of the molecule is CCOC1COCCC1NC(=O)c1cc(CC)[nH]c(=O)c1. The molecule has 0 saturated carbocycles. The molecular weight excluding hydrogens is 272 g/mol. The molecule has 1 fully saturated rings. The van der Waals surface area contributed by atoms with Gasteiger partial charge < -0.3 is 19.8 Å². The molecule has 1 amide bonds. The van der Waals surface area contributed by atoms with E-state index in [0.29, 0.717) is 38.2 Å². The Morgan fingerprint density at radius 1 is 1.48 bits per heavy atom. The van der Waals surface area contributed by atoms with Gasteiger partial charge in [-0.3, -0.25) is 9.59 Å². The average molecular weight is 294 g/mol. The second kappa shape index (κ2) is 7.38. The lowest BCUT2D eigenvalue weighted by atomic mass is 10.1. The minimum Gasteiger partial charge on any atom is -0.379 e. The van der Waals surface area contributed by atoms with Gasteiger partial charge in [-0.1, -0.05) is 6.92 Å². The Labute approximate surface area is 123 Å². The van der Waals surface area contributed by atoms with Crippen LogP contribution < -0.4 is 10.9 Å². The zero-order chi connectivity index (χ0) is 15.2. The fourth-order valence-electron chi connectivity index (χ4n) is 2.43. The van der Waals surface area contributed by atoms with E-state index in [2.05, 4.69) is 10.3 Å². The zero-order valence-corrected chi connectivity index (χ0v) is 12.5. The van der Waals surface area contributed by atoms with Crippen LogP contribution in [0.5, 0.6) is 0 Å². The quantitative estimate of drug-likeness (QED) is 0.844. The molecule has 2 rings (SSSR count). The van der Waals surface area contributed by atoms with Gasteiger partial charge in [-0.05, 0) is 25.8 Å². The van der Waals surface area contributed by atoms with Crippen molar-refractivity contribution in [1.82, 2.24) is 10.3 Å². The molecule has 2 heterocycles. The number of carbonyl (C=O) groups is 1. The van der Waals surface area contributed by atoms with Crippen molar-refractivity contribution < 1.29 is 14.3 Å². The maximum absolute atomic E-state index is 12.3. The Kier molecular flexibility index (Phi) is 5.52. The average Bonchev–Trinajstić information content (AvgIpc) is 2.48. The van der Waals surface area contributed by atoms with Crippen LogP contribution >= 0.6 is 0 Å². The molecule has 2 N–H and O–H groups in total. The van der Waals surface area contributed by atoms with Gasteiger partial charge in [0.15, 0.2) is 0 Å². The fourth-order valence-corrected chi connectivity index (χ4v) is 2.43. The van der Waals surface area contributed by atoms with Crippen LogP contribution in [0.2, 0.25) is 0 Å². The highest BCUT2D eigenvalue weighted by atomic mass is 16.5. The number of rotatable bonds is 5. The van der Waals surface area contributed by atoms with E-state index in [1.807, 2.05) is 13.8 Å². The van der Waals surface area contributed by atoms with Crippen molar-refractivity contribution in [2.75, 3.05) is 19.8 Å². The molecule has 116 valence electrons. The summed E-state index contributed by atoms with van der Waals surface area (Å²) in [5, 5.41) is 2.95. The molecule has 1 aliphatic heterocycles. The second-order valence-electron chi connectivity index (χ2n) is 5.05. The van der Waals surface area contributed by atoms with Crippen LogP contribution in [-0.2, 0) is 15.9 Å². The van der Waals surface area contributed by atoms with Crippen LogP contribution in [-0.4, -0.2) is 42.9 Å². The Bertz CT molecular complexity index is 539. The van der Waals surface area contributed by atoms with Crippen molar-refractivity contribution in [1.29, 1.82) is 0 Å². The highest BCUT2D eigenvalue weighted by Gasteiger charge is 2.28. The molecule has 1 saturated heterocycles.